The number of fused-ring (bicyclic) bond motifs is 1. The van der Waals surface area contributed by atoms with Gasteiger partial charge in [0.25, 0.3) is 5.91 Å². The highest BCUT2D eigenvalue weighted by atomic mass is 19.1. The summed E-state index contributed by atoms with van der Waals surface area (Å²) in [6.07, 6.45) is 1.11. The van der Waals surface area contributed by atoms with Crippen molar-refractivity contribution < 1.29 is 28.2 Å². The van der Waals surface area contributed by atoms with Gasteiger partial charge >= 0.3 is 0 Å². The van der Waals surface area contributed by atoms with Crippen LogP contribution in [0.5, 0.6) is 5.75 Å². The summed E-state index contributed by atoms with van der Waals surface area (Å²) < 4.78 is 31.7. The van der Waals surface area contributed by atoms with E-state index in [2.05, 4.69) is 5.32 Å². The smallest absolute Gasteiger partial charge is 0.276 e. The number of nitrogens with zero attached hydrogens (tertiary/aromatic N) is 2. The minimum atomic E-state index is -0.834. The summed E-state index contributed by atoms with van der Waals surface area (Å²) in [6, 6.07) is 3.41. The van der Waals surface area contributed by atoms with E-state index in [-0.39, 0.29) is 23.8 Å². The first kappa shape index (κ1) is 24.2. The molecule has 168 valence electrons. The monoisotopic (exact) mass is 437 g/mol. The lowest BCUT2D eigenvalue weighted by Gasteiger charge is -2.39. The van der Waals surface area contributed by atoms with E-state index in [9.17, 15) is 28.3 Å². The molecule has 8 nitrogen and oxygen atoms in total. The second kappa shape index (κ2) is 10.3. The van der Waals surface area contributed by atoms with Gasteiger partial charge < -0.3 is 24.6 Å². The van der Waals surface area contributed by atoms with Crippen molar-refractivity contribution in [1.82, 2.24) is 14.8 Å². The van der Waals surface area contributed by atoms with Crippen LogP contribution in [0, 0.1) is 11.6 Å². The number of amides is 1. The molecule has 1 amide bonds. The van der Waals surface area contributed by atoms with Crippen LogP contribution >= 0.6 is 0 Å². The minimum Gasteiger partial charge on any atom is -0.503 e. The molecular weight excluding hydrogens is 412 g/mol. The molecule has 10 heteroatoms. The van der Waals surface area contributed by atoms with E-state index in [4.69, 9.17) is 4.74 Å². The molecule has 0 saturated heterocycles. The van der Waals surface area contributed by atoms with Gasteiger partial charge in [0.2, 0.25) is 5.43 Å². The molecule has 3 rings (SSSR count). The fraction of sp³-hybridized carbons (Fsp3) is 0.381. The Labute approximate surface area is 178 Å². The first-order valence-electron chi connectivity index (χ1n) is 9.51. The van der Waals surface area contributed by atoms with Gasteiger partial charge in [0.15, 0.2) is 24.0 Å². The molecule has 2 aromatic rings. The van der Waals surface area contributed by atoms with Gasteiger partial charge in [0.1, 0.15) is 11.6 Å². The average Bonchev–Trinajstić information content (AvgIpc) is 2.72. The summed E-state index contributed by atoms with van der Waals surface area (Å²) in [5.41, 5.74) is -0.650. The van der Waals surface area contributed by atoms with E-state index < -0.39 is 34.9 Å². The number of aldehydes is 1. The highest BCUT2D eigenvalue weighted by Gasteiger charge is 2.36. The maximum atomic E-state index is 12.8. The number of ether oxygens (including phenoxy) is 1. The number of nitrogens with one attached hydrogen (secondary N) is 1. The number of hydrogen-bond acceptors (Lipinski definition) is 6. The van der Waals surface area contributed by atoms with Crippen LogP contribution in [0.3, 0.4) is 0 Å². The van der Waals surface area contributed by atoms with Crippen molar-refractivity contribution in [2.75, 3.05) is 14.2 Å². The van der Waals surface area contributed by atoms with Gasteiger partial charge in [-0.3, -0.25) is 14.4 Å². The van der Waals surface area contributed by atoms with Crippen molar-refractivity contribution >= 4 is 12.2 Å². The number of benzene rings is 1. The second-order valence-corrected chi connectivity index (χ2v) is 7.14. The molecule has 1 unspecified atom stereocenters. The number of aromatic nitrogens is 1. The van der Waals surface area contributed by atoms with Crippen LogP contribution in [0.2, 0.25) is 0 Å². The molecule has 1 aromatic heterocycles. The Hall–Kier alpha value is -3.11. The third kappa shape index (κ3) is 5.15. The highest BCUT2D eigenvalue weighted by molar-refractivity contribution is 5.96. The maximum absolute atomic E-state index is 12.8. The fourth-order valence-corrected chi connectivity index (χ4v) is 3.24. The van der Waals surface area contributed by atoms with Crippen LogP contribution in [0.25, 0.3) is 0 Å². The Morgan fingerprint density at radius 2 is 2.00 bits per heavy atom. The van der Waals surface area contributed by atoms with Crippen molar-refractivity contribution in [2.24, 2.45) is 0 Å². The maximum Gasteiger partial charge on any atom is 0.276 e. The molecular formula is C21H25F2N3O5. The van der Waals surface area contributed by atoms with Crippen molar-refractivity contribution in [2.45, 2.75) is 39.2 Å². The second-order valence-electron chi connectivity index (χ2n) is 7.14. The molecule has 0 saturated carbocycles. The molecule has 0 radical (unpaired) electrons. The summed E-state index contributed by atoms with van der Waals surface area (Å²) in [6.45, 7) is 4.29. The topological polar surface area (TPSA) is 101 Å². The van der Waals surface area contributed by atoms with Gasteiger partial charge in [-0.25, -0.2) is 8.78 Å². The zero-order chi connectivity index (χ0) is 23.3. The molecule has 1 atom stereocenters. The zero-order valence-corrected chi connectivity index (χ0v) is 17.7. The largest absolute Gasteiger partial charge is 0.503 e. The Kier molecular flexibility index (Phi) is 8.01. The lowest BCUT2D eigenvalue weighted by Crippen LogP contribution is -2.52. The third-order valence-corrected chi connectivity index (χ3v) is 4.72. The van der Waals surface area contributed by atoms with Crippen LogP contribution < -0.4 is 10.7 Å². The Morgan fingerprint density at radius 1 is 1.32 bits per heavy atom. The molecule has 1 aliphatic rings. The van der Waals surface area contributed by atoms with Crippen LogP contribution in [0.15, 0.2) is 29.2 Å². The molecule has 0 fully saturated rings. The number of methoxy groups -OCH3 is 1. The predicted octanol–water partition coefficient (Wildman–Crippen LogP) is 1.89. The summed E-state index contributed by atoms with van der Waals surface area (Å²) in [5, 5.41) is 12.7. The van der Waals surface area contributed by atoms with E-state index in [1.807, 2.05) is 13.8 Å². The number of pyridine rings is 1. The van der Waals surface area contributed by atoms with E-state index in [0.29, 0.717) is 18.4 Å². The lowest BCUT2D eigenvalue weighted by atomic mass is 10.1. The van der Waals surface area contributed by atoms with E-state index in [1.54, 1.807) is 7.05 Å². The SMILES string of the molecule is CNCc1ccc(F)cc1F.COC1Cn2cc(C=O)c(=O)c(O)c2C(=O)N1C(C)C. The average molecular weight is 437 g/mol. The summed E-state index contributed by atoms with van der Waals surface area (Å²) in [4.78, 5) is 36.5. The van der Waals surface area contributed by atoms with Crippen LogP contribution in [-0.2, 0) is 17.8 Å². The Morgan fingerprint density at radius 3 is 2.52 bits per heavy atom. The minimum absolute atomic E-state index is 0.109. The predicted molar refractivity (Wildman–Crippen MR) is 109 cm³/mol. The number of halogens is 2. The first-order valence-corrected chi connectivity index (χ1v) is 9.51. The summed E-state index contributed by atoms with van der Waals surface area (Å²) in [5.74, 6) is -2.23. The number of hydrogen-bond donors (Lipinski definition) is 2. The molecule has 1 aromatic carbocycles. The van der Waals surface area contributed by atoms with Gasteiger partial charge in [0, 0.05) is 37.5 Å². The summed E-state index contributed by atoms with van der Waals surface area (Å²) in [7, 11) is 3.18. The lowest BCUT2D eigenvalue weighted by molar-refractivity contribution is -0.0513. The standard InChI is InChI=1S/C13H16N2O5.C8H9F2N/c1-7(2)15-9(20-3)5-14-4-8(6-16)11(17)12(18)10(14)13(15)19;1-11-5-6-2-3-7(9)4-8(6)10/h4,6-7,9,18H,5H2,1-3H3;2-4,11H,5H2,1H3. The number of carbonyl (C=O) groups excluding carboxylic acids is 2. The first-order chi connectivity index (χ1) is 14.7. The van der Waals surface area contributed by atoms with E-state index >= 15 is 0 Å². The summed E-state index contributed by atoms with van der Waals surface area (Å²) >= 11 is 0. The number of rotatable bonds is 5. The van der Waals surface area contributed by atoms with Gasteiger partial charge in [-0.15, -0.1) is 0 Å². The number of aromatic hydroxyl groups is 1. The molecule has 2 N–H and O–H groups in total. The Balaban J connectivity index is 0.000000262. The van der Waals surface area contributed by atoms with Crippen LogP contribution in [-0.4, -0.2) is 53.2 Å². The van der Waals surface area contributed by atoms with Gasteiger partial charge in [0.05, 0.1) is 12.1 Å². The molecule has 2 heterocycles. The Bertz CT molecular complexity index is 1020. The molecule has 1 aliphatic heterocycles. The normalized spacial score (nSPS) is 15.4. The van der Waals surface area contributed by atoms with E-state index in [0.717, 1.165) is 6.07 Å². The van der Waals surface area contributed by atoms with Crippen molar-refractivity contribution in [1.29, 1.82) is 0 Å². The molecule has 0 aliphatic carbocycles. The van der Waals surface area contributed by atoms with Crippen LogP contribution in [0.4, 0.5) is 8.78 Å². The van der Waals surface area contributed by atoms with Crippen molar-refractivity contribution in [3.63, 3.8) is 0 Å². The highest BCUT2D eigenvalue weighted by Crippen LogP contribution is 2.25. The van der Waals surface area contributed by atoms with Crippen molar-refractivity contribution in [3.05, 3.63) is 63.1 Å². The van der Waals surface area contributed by atoms with Gasteiger partial charge in [-0.1, -0.05) is 6.07 Å². The zero-order valence-electron chi connectivity index (χ0n) is 17.7. The van der Waals surface area contributed by atoms with Gasteiger partial charge in [-0.05, 0) is 27.0 Å². The molecule has 0 bridgehead atoms. The van der Waals surface area contributed by atoms with Crippen LogP contribution in [0.1, 0.15) is 40.3 Å². The third-order valence-electron chi connectivity index (χ3n) is 4.72. The van der Waals surface area contributed by atoms with Gasteiger partial charge in [-0.2, -0.15) is 0 Å². The quantitative estimate of drug-likeness (QED) is 0.693. The molecule has 31 heavy (non-hydrogen) atoms. The number of carbonyl (C=O) groups is 2. The van der Waals surface area contributed by atoms with E-state index in [1.165, 1.54) is 34.9 Å². The molecule has 0 spiro atoms. The van der Waals surface area contributed by atoms with Crippen molar-refractivity contribution in [3.8, 4) is 5.75 Å². The fourth-order valence-electron chi connectivity index (χ4n) is 3.24.